The molecule has 0 spiro atoms. The molecule has 18 heavy (non-hydrogen) atoms. The third-order valence-corrected chi connectivity index (χ3v) is 3.92. The predicted molar refractivity (Wildman–Crippen MR) is 75.4 cm³/mol. The van der Waals surface area contributed by atoms with E-state index in [1.165, 1.54) is 37.7 Å². The highest BCUT2D eigenvalue weighted by atomic mass is 16.3. The minimum absolute atomic E-state index is 0.304. The van der Waals surface area contributed by atoms with Crippen LogP contribution in [0.15, 0.2) is 30.3 Å². The Morgan fingerprint density at radius 2 is 1.78 bits per heavy atom. The van der Waals surface area contributed by atoms with Crippen LogP contribution in [0, 0.1) is 0 Å². The van der Waals surface area contributed by atoms with Crippen molar-refractivity contribution in [1.29, 1.82) is 0 Å². The topological polar surface area (TPSA) is 23.5 Å². The number of hydrogen-bond acceptors (Lipinski definition) is 2. The van der Waals surface area contributed by atoms with Crippen molar-refractivity contribution in [3.63, 3.8) is 0 Å². The van der Waals surface area contributed by atoms with Gasteiger partial charge in [0.05, 0.1) is 0 Å². The van der Waals surface area contributed by atoms with Gasteiger partial charge in [-0.15, -0.1) is 0 Å². The fraction of sp³-hybridized carbons (Fsp3) is 0.625. The molecule has 1 aromatic carbocycles. The van der Waals surface area contributed by atoms with Crippen LogP contribution in [0.25, 0.3) is 0 Å². The summed E-state index contributed by atoms with van der Waals surface area (Å²) in [4.78, 5) is 2.57. The van der Waals surface area contributed by atoms with Crippen LogP contribution in [0.5, 0.6) is 0 Å². The summed E-state index contributed by atoms with van der Waals surface area (Å²) >= 11 is 0. The maximum absolute atomic E-state index is 9.05. The molecule has 1 aliphatic carbocycles. The molecule has 1 aliphatic rings. The van der Waals surface area contributed by atoms with Crippen molar-refractivity contribution in [2.75, 3.05) is 13.2 Å². The van der Waals surface area contributed by atoms with Crippen LogP contribution in [0.1, 0.15) is 44.1 Å². The van der Waals surface area contributed by atoms with Crippen molar-refractivity contribution in [3.8, 4) is 0 Å². The van der Waals surface area contributed by atoms with E-state index in [1.54, 1.807) is 0 Å². The molecule has 0 unspecified atom stereocenters. The summed E-state index contributed by atoms with van der Waals surface area (Å²) in [6, 6.07) is 11.4. The van der Waals surface area contributed by atoms with Crippen molar-refractivity contribution in [2.24, 2.45) is 0 Å². The number of aliphatic hydroxyl groups is 1. The Balaban J connectivity index is 1.95. The molecule has 2 heteroatoms. The zero-order chi connectivity index (χ0) is 12.6. The van der Waals surface area contributed by atoms with E-state index < -0.39 is 0 Å². The van der Waals surface area contributed by atoms with E-state index in [0.717, 1.165) is 25.6 Å². The molecule has 0 bridgehead atoms. The van der Waals surface area contributed by atoms with Crippen LogP contribution in [-0.2, 0) is 6.54 Å². The van der Waals surface area contributed by atoms with Gasteiger partial charge in [0.2, 0.25) is 0 Å². The SMILES string of the molecule is OCCCN(Cc1ccccc1)C1CCCCC1. The maximum atomic E-state index is 9.05. The molecule has 0 saturated heterocycles. The van der Waals surface area contributed by atoms with Gasteiger partial charge in [0.25, 0.3) is 0 Å². The summed E-state index contributed by atoms with van der Waals surface area (Å²) in [5.41, 5.74) is 1.39. The third-order valence-electron chi connectivity index (χ3n) is 3.92. The zero-order valence-electron chi connectivity index (χ0n) is 11.2. The minimum Gasteiger partial charge on any atom is -0.396 e. The van der Waals surface area contributed by atoms with Crippen molar-refractivity contribution >= 4 is 0 Å². The first-order chi connectivity index (χ1) is 8.90. The molecule has 0 radical (unpaired) electrons. The van der Waals surface area contributed by atoms with Crippen molar-refractivity contribution < 1.29 is 5.11 Å². The first-order valence-corrected chi connectivity index (χ1v) is 7.29. The summed E-state index contributed by atoms with van der Waals surface area (Å²) in [5, 5.41) is 9.05. The summed E-state index contributed by atoms with van der Waals surface area (Å²) in [6.45, 7) is 2.36. The zero-order valence-corrected chi connectivity index (χ0v) is 11.2. The number of nitrogens with zero attached hydrogens (tertiary/aromatic N) is 1. The van der Waals surface area contributed by atoms with Gasteiger partial charge in [-0.1, -0.05) is 49.6 Å². The molecular formula is C16H25NO. The van der Waals surface area contributed by atoms with Crippen molar-refractivity contribution in [3.05, 3.63) is 35.9 Å². The van der Waals surface area contributed by atoms with Gasteiger partial charge in [-0.05, 0) is 24.8 Å². The highest BCUT2D eigenvalue weighted by molar-refractivity contribution is 5.14. The van der Waals surface area contributed by atoms with Gasteiger partial charge in [0, 0.05) is 25.7 Å². The smallest absolute Gasteiger partial charge is 0.0443 e. The summed E-state index contributed by atoms with van der Waals surface area (Å²) in [6.07, 6.45) is 7.69. The highest BCUT2D eigenvalue weighted by Gasteiger charge is 2.20. The molecule has 2 rings (SSSR count). The average molecular weight is 247 g/mol. The Labute approximate surface area is 111 Å². The molecular weight excluding hydrogens is 222 g/mol. The van der Waals surface area contributed by atoms with Crippen LogP contribution >= 0.6 is 0 Å². The predicted octanol–water partition coefficient (Wildman–Crippen LogP) is 3.20. The Hall–Kier alpha value is -0.860. The largest absolute Gasteiger partial charge is 0.396 e. The number of aliphatic hydroxyl groups excluding tert-OH is 1. The molecule has 0 atom stereocenters. The lowest BCUT2D eigenvalue weighted by atomic mass is 9.93. The minimum atomic E-state index is 0.304. The second kappa shape index (κ2) is 7.55. The average Bonchev–Trinajstić information content (AvgIpc) is 2.45. The van der Waals surface area contributed by atoms with Gasteiger partial charge in [0.1, 0.15) is 0 Å². The van der Waals surface area contributed by atoms with E-state index in [4.69, 9.17) is 5.11 Å². The molecule has 1 aromatic rings. The van der Waals surface area contributed by atoms with Gasteiger partial charge in [-0.3, -0.25) is 4.90 Å². The Bertz CT molecular complexity index is 319. The van der Waals surface area contributed by atoms with E-state index in [9.17, 15) is 0 Å². The lowest BCUT2D eigenvalue weighted by Crippen LogP contribution is -2.37. The van der Waals surface area contributed by atoms with E-state index in [2.05, 4.69) is 35.2 Å². The standard InChI is InChI=1S/C16H25NO/c18-13-7-12-17(16-10-5-2-6-11-16)14-15-8-3-1-4-9-15/h1,3-4,8-9,16,18H,2,5-7,10-14H2. The van der Waals surface area contributed by atoms with Crippen molar-refractivity contribution in [1.82, 2.24) is 4.90 Å². The fourth-order valence-corrected chi connectivity index (χ4v) is 2.93. The quantitative estimate of drug-likeness (QED) is 0.834. The molecule has 1 N–H and O–H groups in total. The van der Waals surface area contributed by atoms with E-state index in [1.807, 2.05) is 0 Å². The van der Waals surface area contributed by atoms with Gasteiger partial charge in [0.15, 0.2) is 0 Å². The highest BCUT2D eigenvalue weighted by Crippen LogP contribution is 2.24. The summed E-state index contributed by atoms with van der Waals surface area (Å²) < 4.78 is 0. The summed E-state index contributed by atoms with van der Waals surface area (Å²) in [7, 11) is 0. The number of benzene rings is 1. The lowest BCUT2D eigenvalue weighted by molar-refractivity contribution is 0.134. The molecule has 1 fully saturated rings. The van der Waals surface area contributed by atoms with Gasteiger partial charge < -0.3 is 5.11 Å². The monoisotopic (exact) mass is 247 g/mol. The second-order valence-corrected chi connectivity index (χ2v) is 5.33. The van der Waals surface area contributed by atoms with E-state index >= 15 is 0 Å². The molecule has 0 aliphatic heterocycles. The molecule has 0 heterocycles. The molecule has 2 nitrogen and oxygen atoms in total. The van der Waals surface area contributed by atoms with Crippen LogP contribution in [0.2, 0.25) is 0 Å². The summed E-state index contributed by atoms with van der Waals surface area (Å²) in [5.74, 6) is 0. The van der Waals surface area contributed by atoms with Gasteiger partial charge in [-0.2, -0.15) is 0 Å². The van der Waals surface area contributed by atoms with Gasteiger partial charge in [-0.25, -0.2) is 0 Å². The van der Waals surface area contributed by atoms with Crippen LogP contribution in [0.3, 0.4) is 0 Å². The maximum Gasteiger partial charge on any atom is 0.0443 e. The first kappa shape index (κ1) is 13.6. The fourth-order valence-electron chi connectivity index (χ4n) is 2.93. The molecule has 1 saturated carbocycles. The molecule has 0 amide bonds. The molecule has 100 valence electrons. The Kier molecular flexibility index (Phi) is 5.69. The van der Waals surface area contributed by atoms with Crippen LogP contribution in [0.4, 0.5) is 0 Å². The number of hydrogen-bond donors (Lipinski definition) is 1. The van der Waals surface area contributed by atoms with E-state index in [0.29, 0.717) is 6.61 Å². The van der Waals surface area contributed by atoms with Crippen LogP contribution in [-0.4, -0.2) is 29.2 Å². The van der Waals surface area contributed by atoms with Crippen molar-refractivity contribution in [2.45, 2.75) is 51.1 Å². The molecule has 0 aromatic heterocycles. The third kappa shape index (κ3) is 4.11. The van der Waals surface area contributed by atoms with Gasteiger partial charge >= 0.3 is 0 Å². The second-order valence-electron chi connectivity index (χ2n) is 5.33. The van der Waals surface area contributed by atoms with E-state index in [-0.39, 0.29) is 0 Å². The van der Waals surface area contributed by atoms with Crippen LogP contribution < -0.4 is 0 Å². The number of rotatable bonds is 6. The normalized spacial score (nSPS) is 17.2. The Morgan fingerprint density at radius 3 is 2.44 bits per heavy atom. The first-order valence-electron chi connectivity index (χ1n) is 7.29. The Morgan fingerprint density at radius 1 is 1.06 bits per heavy atom. The lowest BCUT2D eigenvalue weighted by Gasteiger charge is -2.34.